The molecule has 1 aliphatic heterocycles. The number of Topliss-reactive ketones (excluding diaryl/α,β-unsaturated/α-hetero) is 1. The maximum Gasteiger partial charge on any atom is 0.277 e. The molecule has 3 N–H and O–H groups in total. The maximum atomic E-state index is 13.9. The van der Waals surface area contributed by atoms with Crippen molar-refractivity contribution in [3.8, 4) is 22.9 Å². The Labute approximate surface area is 216 Å². The Bertz CT molecular complexity index is 1560. The molecule has 2 aromatic carbocycles. The second-order valence-corrected chi connectivity index (χ2v) is 10.1. The topological polar surface area (TPSA) is 106 Å². The number of phenols is 1. The summed E-state index contributed by atoms with van der Waals surface area (Å²) in [5, 5.41) is 19.2. The molecule has 2 aromatic heterocycles. The molecular formula is C28H25N3O5S. The lowest BCUT2D eigenvalue weighted by Gasteiger charge is -2.34. The Morgan fingerprint density at radius 1 is 1.00 bits per heavy atom. The summed E-state index contributed by atoms with van der Waals surface area (Å²) in [5.74, 6) is 0.197. The first-order chi connectivity index (χ1) is 18.0. The second-order valence-electron chi connectivity index (χ2n) is 9.14. The van der Waals surface area contributed by atoms with Crippen molar-refractivity contribution in [2.24, 2.45) is 0 Å². The van der Waals surface area contributed by atoms with Crippen LogP contribution in [0.25, 0.3) is 5.69 Å². The van der Waals surface area contributed by atoms with Gasteiger partial charge in [-0.2, -0.15) is 0 Å². The molecule has 3 heterocycles. The fourth-order valence-corrected chi connectivity index (χ4v) is 6.22. The van der Waals surface area contributed by atoms with Crippen molar-refractivity contribution in [3.05, 3.63) is 97.6 Å². The summed E-state index contributed by atoms with van der Waals surface area (Å²) >= 11 is 1.64. The summed E-state index contributed by atoms with van der Waals surface area (Å²) in [4.78, 5) is 28.8. The predicted molar refractivity (Wildman–Crippen MR) is 141 cm³/mol. The third kappa shape index (κ3) is 3.74. The number of ketones is 1. The van der Waals surface area contributed by atoms with Crippen molar-refractivity contribution in [1.82, 2.24) is 9.78 Å². The van der Waals surface area contributed by atoms with Crippen LogP contribution in [-0.2, 0) is 4.79 Å². The van der Waals surface area contributed by atoms with E-state index in [0.29, 0.717) is 41.0 Å². The zero-order chi connectivity index (χ0) is 25.7. The minimum Gasteiger partial charge on any atom is -0.502 e. The fourth-order valence-electron chi connectivity index (χ4n) is 5.39. The first-order valence-electron chi connectivity index (χ1n) is 11.9. The molecule has 0 saturated carbocycles. The number of phenolic OH excluding ortho intramolecular Hbond substituents is 1. The van der Waals surface area contributed by atoms with Gasteiger partial charge in [-0.05, 0) is 47.7 Å². The zero-order valence-corrected chi connectivity index (χ0v) is 21.1. The summed E-state index contributed by atoms with van der Waals surface area (Å²) in [7, 11) is 2.90. The maximum absolute atomic E-state index is 13.9. The van der Waals surface area contributed by atoms with Crippen LogP contribution in [0.15, 0.2) is 76.0 Å². The summed E-state index contributed by atoms with van der Waals surface area (Å²) in [6.45, 7) is 0. The van der Waals surface area contributed by atoms with Crippen LogP contribution in [0.5, 0.6) is 17.2 Å². The Hall–Kier alpha value is -4.24. The smallest absolute Gasteiger partial charge is 0.277 e. The van der Waals surface area contributed by atoms with Crippen LogP contribution in [0.3, 0.4) is 0 Å². The number of methoxy groups -OCH3 is 2. The molecule has 0 bridgehead atoms. The van der Waals surface area contributed by atoms with Crippen molar-refractivity contribution < 1.29 is 19.4 Å². The van der Waals surface area contributed by atoms with Gasteiger partial charge in [-0.15, -0.1) is 11.3 Å². The fraction of sp³-hybridized carbons (Fsp3) is 0.214. The average Bonchev–Trinajstić information content (AvgIpc) is 3.57. The lowest BCUT2D eigenvalue weighted by molar-refractivity contribution is -0.116. The van der Waals surface area contributed by atoms with Crippen LogP contribution in [0, 0.1) is 0 Å². The predicted octanol–water partition coefficient (Wildman–Crippen LogP) is 4.91. The van der Waals surface area contributed by atoms with Crippen molar-refractivity contribution >= 4 is 22.9 Å². The van der Waals surface area contributed by atoms with Gasteiger partial charge in [-0.1, -0.05) is 24.3 Å². The molecule has 4 aromatic rings. The molecule has 0 spiro atoms. The highest BCUT2D eigenvalue weighted by atomic mass is 32.1. The Kier molecular flexibility index (Phi) is 5.64. The number of para-hydroxylation sites is 1. The van der Waals surface area contributed by atoms with E-state index in [1.54, 1.807) is 23.5 Å². The number of carbonyl (C=O) groups excluding carboxylic acids is 1. The number of thiophene rings is 1. The van der Waals surface area contributed by atoms with E-state index in [0.717, 1.165) is 10.6 Å². The summed E-state index contributed by atoms with van der Waals surface area (Å²) in [5.41, 5.74) is 2.83. The first kappa shape index (κ1) is 23.2. The molecule has 2 atom stereocenters. The molecule has 0 saturated heterocycles. The molecule has 1 aliphatic carbocycles. The number of hydrogen-bond donors (Lipinski definition) is 3. The molecule has 8 nitrogen and oxygen atoms in total. The van der Waals surface area contributed by atoms with E-state index in [2.05, 4.69) is 16.5 Å². The second kappa shape index (κ2) is 9.01. The highest BCUT2D eigenvalue weighted by molar-refractivity contribution is 7.10. The number of hydrogen-bond acceptors (Lipinski definition) is 7. The highest BCUT2D eigenvalue weighted by Crippen LogP contribution is 2.49. The largest absolute Gasteiger partial charge is 0.502 e. The Morgan fingerprint density at radius 3 is 2.38 bits per heavy atom. The van der Waals surface area contributed by atoms with Crippen LogP contribution in [-0.4, -0.2) is 34.9 Å². The van der Waals surface area contributed by atoms with Gasteiger partial charge in [0.1, 0.15) is 5.82 Å². The number of carbonyl (C=O) groups is 1. The van der Waals surface area contributed by atoms with Gasteiger partial charge in [0, 0.05) is 34.4 Å². The van der Waals surface area contributed by atoms with Gasteiger partial charge >= 0.3 is 0 Å². The molecule has 2 aliphatic rings. The van der Waals surface area contributed by atoms with Crippen LogP contribution in [0.1, 0.15) is 40.7 Å². The minimum absolute atomic E-state index is 0.0133. The number of benzene rings is 2. The van der Waals surface area contributed by atoms with Gasteiger partial charge in [-0.25, -0.2) is 4.68 Å². The van der Waals surface area contributed by atoms with Gasteiger partial charge in [0.05, 0.1) is 25.5 Å². The number of ether oxygens (including phenoxy) is 2. The molecule has 0 amide bonds. The Balaban J connectivity index is 1.57. The van der Waals surface area contributed by atoms with Crippen LogP contribution in [0.2, 0.25) is 0 Å². The van der Waals surface area contributed by atoms with E-state index in [4.69, 9.17) is 9.47 Å². The van der Waals surface area contributed by atoms with E-state index in [-0.39, 0.29) is 34.5 Å². The number of allylic oxidation sites excluding steroid dienone is 2. The number of aromatic amines is 1. The Morgan fingerprint density at radius 2 is 1.73 bits per heavy atom. The van der Waals surface area contributed by atoms with Crippen LogP contribution >= 0.6 is 11.3 Å². The van der Waals surface area contributed by atoms with Gasteiger partial charge < -0.3 is 19.9 Å². The SMILES string of the molecule is COc1cc([C@H]2C3=C(C[C@H](c4cccs4)CC3=O)Nc3[nH]n(-c4ccccc4)c(=O)c32)cc(OC)c1O. The van der Waals surface area contributed by atoms with E-state index < -0.39 is 5.92 Å². The van der Waals surface area contributed by atoms with Crippen molar-refractivity contribution in [1.29, 1.82) is 0 Å². The third-order valence-corrected chi connectivity index (χ3v) is 8.12. The number of H-pyrrole nitrogens is 1. The number of aromatic hydroxyl groups is 1. The quantitative estimate of drug-likeness (QED) is 0.349. The van der Waals surface area contributed by atoms with Gasteiger partial charge in [0.2, 0.25) is 5.75 Å². The number of nitrogens with zero attached hydrogens (tertiary/aromatic N) is 1. The molecular weight excluding hydrogens is 490 g/mol. The average molecular weight is 516 g/mol. The first-order valence-corrected chi connectivity index (χ1v) is 12.8. The van der Waals surface area contributed by atoms with Crippen molar-refractivity contribution in [2.45, 2.75) is 24.7 Å². The molecule has 37 heavy (non-hydrogen) atoms. The molecule has 9 heteroatoms. The van der Waals surface area contributed by atoms with Crippen molar-refractivity contribution in [3.63, 3.8) is 0 Å². The highest BCUT2D eigenvalue weighted by Gasteiger charge is 2.42. The number of aromatic nitrogens is 2. The van der Waals surface area contributed by atoms with E-state index in [9.17, 15) is 14.7 Å². The summed E-state index contributed by atoms with van der Waals surface area (Å²) in [6.07, 6.45) is 0.999. The van der Waals surface area contributed by atoms with E-state index in [1.165, 1.54) is 18.9 Å². The van der Waals surface area contributed by atoms with Crippen LogP contribution in [0.4, 0.5) is 5.82 Å². The van der Waals surface area contributed by atoms with Gasteiger partial charge in [-0.3, -0.25) is 14.7 Å². The minimum atomic E-state index is -0.667. The molecule has 0 radical (unpaired) electrons. The summed E-state index contributed by atoms with van der Waals surface area (Å²) in [6, 6.07) is 16.7. The standard InChI is InChI=1S/C28H25N3O5S/c1-35-20-13-16(14-21(36-2)26(20)33)23-24-18(11-15(12-19(24)32)22-9-6-10-37-22)29-27-25(23)28(34)31(30-27)17-7-4-3-5-8-17/h3-10,13-15,23,29-30,33H,11-12H2,1-2H3/t15-,23-/m0/s1. The normalized spacial score (nSPS) is 18.7. The summed E-state index contributed by atoms with van der Waals surface area (Å²) < 4.78 is 12.3. The van der Waals surface area contributed by atoms with Gasteiger partial charge in [0.15, 0.2) is 17.3 Å². The zero-order valence-electron chi connectivity index (χ0n) is 20.3. The molecule has 0 unspecified atom stereocenters. The monoisotopic (exact) mass is 515 g/mol. The van der Waals surface area contributed by atoms with Crippen molar-refractivity contribution in [2.75, 3.05) is 19.5 Å². The van der Waals surface area contributed by atoms with Crippen LogP contribution < -0.4 is 20.3 Å². The molecule has 6 rings (SSSR count). The third-order valence-electron chi connectivity index (χ3n) is 7.08. The lowest BCUT2D eigenvalue weighted by Crippen LogP contribution is -2.31. The number of anilines is 1. The number of nitrogens with one attached hydrogen (secondary N) is 2. The lowest BCUT2D eigenvalue weighted by atomic mass is 9.74. The molecule has 0 fully saturated rings. The van der Waals surface area contributed by atoms with E-state index in [1.807, 2.05) is 41.8 Å². The van der Waals surface area contributed by atoms with E-state index >= 15 is 0 Å². The number of fused-ring (bicyclic) bond motifs is 1. The molecule has 188 valence electrons. The number of rotatable bonds is 5. The van der Waals surface area contributed by atoms with Gasteiger partial charge in [0.25, 0.3) is 5.56 Å².